The Labute approximate surface area is 183 Å². The number of nitrogens with one attached hydrogen (secondary N) is 1. The van der Waals surface area contributed by atoms with Crippen LogP contribution < -0.4 is 15.7 Å². The molecular weight excluding hydrogens is 443 g/mol. The van der Waals surface area contributed by atoms with Crippen LogP contribution in [0.1, 0.15) is 10.4 Å². The lowest BCUT2D eigenvalue weighted by Gasteiger charge is -2.14. The SMILES string of the molecule is Cc1sc2ncn(NC(=O)COc3ccccc3C(F)(F)F)c(=O)c2c1-c1ccccc1. The maximum Gasteiger partial charge on any atom is 0.419 e. The number of aromatic nitrogens is 2. The van der Waals surface area contributed by atoms with Gasteiger partial charge in [-0.15, -0.1) is 11.3 Å². The molecule has 4 aromatic rings. The van der Waals surface area contributed by atoms with E-state index in [1.165, 1.54) is 23.5 Å². The first-order valence-electron chi connectivity index (χ1n) is 9.41. The van der Waals surface area contributed by atoms with E-state index in [1.807, 2.05) is 37.3 Å². The minimum absolute atomic E-state index is 0.352. The molecule has 0 unspecified atom stereocenters. The number of ether oxygens (including phenoxy) is 1. The standard InChI is InChI=1S/C22H16F3N3O3S/c1-13-18(14-7-3-2-4-8-14)19-20(32-13)26-12-28(21(19)30)27-17(29)11-31-16-10-6-5-9-15(16)22(23,24)25/h2-10,12H,11H2,1H3,(H,27,29). The normalized spacial score (nSPS) is 11.5. The third-order valence-electron chi connectivity index (χ3n) is 4.65. The minimum atomic E-state index is -4.62. The molecule has 0 spiro atoms. The van der Waals surface area contributed by atoms with E-state index in [4.69, 9.17) is 4.74 Å². The molecule has 0 saturated heterocycles. The van der Waals surface area contributed by atoms with Gasteiger partial charge in [0.1, 0.15) is 16.9 Å². The summed E-state index contributed by atoms with van der Waals surface area (Å²) < 4.78 is 45.2. The summed E-state index contributed by atoms with van der Waals surface area (Å²) in [6, 6.07) is 13.9. The smallest absolute Gasteiger partial charge is 0.419 e. The largest absolute Gasteiger partial charge is 0.483 e. The summed E-state index contributed by atoms with van der Waals surface area (Å²) in [7, 11) is 0. The zero-order valence-corrected chi connectivity index (χ0v) is 17.5. The van der Waals surface area contributed by atoms with Crippen molar-refractivity contribution in [2.75, 3.05) is 12.0 Å². The molecule has 0 aliphatic rings. The molecule has 2 heterocycles. The molecule has 1 amide bonds. The second-order valence-electron chi connectivity index (χ2n) is 6.82. The van der Waals surface area contributed by atoms with Crippen molar-refractivity contribution in [3.63, 3.8) is 0 Å². The van der Waals surface area contributed by atoms with E-state index in [0.717, 1.165) is 39.1 Å². The molecule has 2 aromatic heterocycles. The Hall–Kier alpha value is -3.66. The van der Waals surface area contributed by atoms with E-state index in [2.05, 4.69) is 10.4 Å². The second kappa shape index (κ2) is 8.46. The van der Waals surface area contributed by atoms with Crippen LogP contribution in [0.15, 0.2) is 65.7 Å². The van der Waals surface area contributed by atoms with Crippen LogP contribution in [0.2, 0.25) is 0 Å². The Balaban J connectivity index is 1.59. The molecule has 6 nitrogen and oxygen atoms in total. The number of benzene rings is 2. The molecular formula is C22H16F3N3O3S. The molecule has 4 rings (SSSR count). The topological polar surface area (TPSA) is 73.2 Å². The van der Waals surface area contributed by atoms with Gasteiger partial charge in [0.05, 0.1) is 10.9 Å². The predicted molar refractivity (Wildman–Crippen MR) is 115 cm³/mol. The van der Waals surface area contributed by atoms with Gasteiger partial charge in [-0.25, -0.2) is 9.66 Å². The van der Waals surface area contributed by atoms with Gasteiger partial charge in [0.15, 0.2) is 6.61 Å². The van der Waals surface area contributed by atoms with Gasteiger partial charge >= 0.3 is 6.18 Å². The van der Waals surface area contributed by atoms with Gasteiger partial charge in [-0.1, -0.05) is 42.5 Å². The highest BCUT2D eigenvalue weighted by molar-refractivity contribution is 7.19. The Morgan fingerprint density at radius 3 is 2.53 bits per heavy atom. The van der Waals surface area contributed by atoms with Gasteiger partial charge in [0.25, 0.3) is 11.5 Å². The number of para-hydroxylation sites is 1. The summed E-state index contributed by atoms with van der Waals surface area (Å²) in [6.45, 7) is 1.16. The average molecular weight is 459 g/mol. The first-order valence-corrected chi connectivity index (χ1v) is 10.2. The van der Waals surface area contributed by atoms with Crippen LogP contribution in [-0.2, 0) is 11.0 Å². The van der Waals surface area contributed by atoms with Crippen LogP contribution >= 0.6 is 11.3 Å². The van der Waals surface area contributed by atoms with Crippen LogP contribution in [0.25, 0.3) is 21.3 Å². The van der Waals surface area contributed by atoms with Crippen molar-refractivity contribution in [2.45, 2.75) is 13.1 Å². The number of rotatable bonds is 5. The van der Waals surface area contributed by atoms with Crippen LogP contribution in [0, 0.1) is 6.92 Å². The van der Waals surface area contributed by atoms with Crippen molar-refractivity contribution in [1.29, 1.82) is 0 Å². The number of nitrogens with zero attached hydrogens (tertiary/aromatic N) is 2. The summed E-state index contributed by atoms with van der Waals surface area (Å²) in [5.74, 6) is -1.28. The molecule has 1 N–H and O–H groups in total. The van der Waals surface area contributed by atoms with E-state index in [-0.39, 0.29) is 0 Å². The van der Waals surface area contributed by atoms with Crippen molar-refractivity contribution in [3.05, 3.63) is 81.7 Å². The Kier molecular flexibility index (Phi) is 5.70. The lowest BCUT2D eigenvalue weighted by atomic mass is 10.0. The lowest BCUT2D eigenvalue weighted by Crippen LogP contribution is -2.35. The van der Waals surface area contributed by atoms with Crippen LogP contribution in [0.5, 0.6) is 5.75 Å². The monoisotopic (exact) mass is 459 g/mol. The zero-order chi connectivity index (χ0) is 22.9. The van der Waals surface area contributed by atoms with Crippen LogP contribution in [-0.4, -0.2) is 22.2 Å². The highest BCUT2D eigenvalue weighted by atomic mass is 32.1. The van der Waals surface area contributed by atoms with E-state index in [0.29, 0.717) is 10.2 Å². The maximum absolute atomic E-state index is 13.1. The predicted octanol–water partition coefficient (Wildman–Crippen LogP) is 4.60. The number of hydrogen-bond donors (Lipinski definition) is 1. The molecule has 0 radical (unpaired) electrons. The van der Waals surface area contributed by atoms with E-state index in [9.17, 15) is 22.8 Å². The van der Waals surface area contributed by atoms with Gasteiger partial charge in [0, 0.05) is 10.4 Å². The number of aryl methyl sites for hydroxylation is 1. The molecule has 0 aliphatic heterocycles. The van der Waals surface area contributed by atoms with Crippen LogP contribution in [0.3, 0.4) is 0 Å². The second-order valence-corrected chi connectivity index (χ2v) is 8.02. The molecule has 0 saturated carbocycles. The summed E-state index contributed by atoms with van der Waals surface area (Å²) in [5, 5.41) is 0.352. The molecule has 164 valence electrons. The fourth-order valence-electron chi connectivity index (χ4n) is 3.27. The first-order chi connectivity index (χ1) is 15.3. The van der Waals surface area contributed by atoms with Gasteiger partial charge in [-0.05, 0) is 24.6 Å². The van der Waals surface area contributed by atoms with Crippen molar-refractivity contribution in [3.8, 4) is 16.9 Å². The molecule has 0 fully saturated rings. The number of thiophene rings is 1. The summed E-state index contributed by atoms with van der Waals surface area (Å²) in [5.41, 5.74) is 2.39. The third kappa shape index (κ3) is 4.22. The summed E-state index contributed by atoms with van der Waals surface area (Å²) >= 11 is 1.36. The number of carbonyl (C=O) groups excluding carboxylic acids is 1. The number of alkyl halides is 3. The van der Waals surface area contributed by atoms with Gasteiger partial charge < -0.3 is 4.74 Å². The van der Waals surface area contributed by atoms with Crippen molar-refractivity contribution in [1.82, 2.24) is 9.66 Å². The first kappa shape index (κ1) is 21.6. The van der Waals surface area contributed by atoms with Gasteiger partial charge in [-0.2, -0.15) is 13.2 Å². The summed E-state index contributed by atoms with van der Waals surface area (Å²) in [6.07, 6.45) is -3.46. The number of amides is 1. The van der Waals surface area contributed by atoms with E-state index in [1.54, 1.807) is 0 Å². The Morgan fingerprint density at radius 1 is 1.12 bits per heavy atom. The summed E-state index contributed by atoms with van der Waals surface area (Å²) in [4.78, 5) is 31.0. The highest BCUT2D eigenvalue weighted by Gasteiger charge is 2.34. The van der Waals surface area contributed by atoms with Gasteiger partial charge in [-0.3, -0.25) is 15.0 Å². The van der Waals surface area contributed by atoms with Crippen molar-refractivity contribution >= 4 is 27.5 Å². The number of hydrogen-bond acceptors (Lipinski definition) is 5. The average Bonchev–Trinajstić information content (AvgIpc) is 3.11. The Bertz CT molecular complexity index is 1350. The zero-order valence-electron chi connectivity index (χ0n) is 16.6. The van der Waals surface area contributed by atoms with Crippen LogP contribution in [0.4, 0.5) is 13.2 Å². The van der Waals surface area contributed by atoms with Crippen molar-refractivity contribution in [2.24, 2.45) is 0 Å². The van der Waals surface area contributed by atoms with Gasteiger partial charge in [0.2, 0.25) is 0 Å². The molecule has 0 bridgehead atoms. The fourth-order valence-corrected chi connectivity index (χ4v) is 4.27. The molecule has 10 heteroatoms. The highest BCUT2D eigenvalue weighted by Crippen LogP contribution is 2.36. The van der Waals surface area contributed by atoms with E-state index >= 15 is 0 Å². The number of fused-ring (bicyclic) bond motifs is 1. The fraction of sp³-hybridized carbons (Fsp3) is 0.136. The lowest BCUT2D eigenvalue weighted by molar-refractivity contribution is -0.139. The number of halogens is 3. The molecule has 32 heavy (non-hydrogen) atoms. The third-order valence-corrected chi connectivity index (χ3v) is 5.66. The molecule has 2 aromatic carbocycles. The number of carbonyl (C=O) groups is 1. The van der Waals surface area contributed by atoms with E-state index < -0.39 is 35.6 Å². The molecule has 0 atom stereocenters. The minimum Gasteiger partial charge on any atom is -0.483 e. The van der Waals surface area contributed by atoms with Crippen molar-refractivity contribution < 1.29 is 22.7 Å². The Morgan fingerprint density at radius 2 is 1.81 bits per heavy atom. The molecule has 0 aliphatic carbocycles. The maximum atomic E-state index is 13.1. The quantitative estimate of drug-likeness (QED) is 0.473.